The van der Waals surface area contributed by atoms with Crippen molar-refractivity contribution in [1.82, 2.24) is 5.32 Å². The largest absolute Gasteiger partial charge is 0.359 e. The van der Waals surface area contributed by atoms with E-state index in [4.69, 9.17) is 0 Å². The van der Waals surface area contributed by atoms with Gasteiger partial charge in [0.05, 0.1) is 11.0 Å². The second-order valence-corrected chi connectivity index (χ2v) is 14.4. The molecule has 3 unspecified atom stereocenters. The van der Waals surface area contributed by atoms with E-state index in [1.165, 1.54) is 0 Å². The van der Waals surface area contributed by atoms with Gasteiger partial charge in [0.2, 0.25) is 5.91 Å². The van der Waals surface area contributed by atoms with E-state index < -0.39 is 16.2 Å². The van der Waals surface area contributed by atoms with Crippen LogP contribution in [0.1, 0.15) is 86.5 Å². The quantitative estimate of drug-likeness (QED) is 0.521. The molecule has 0 radical (unpaired) electrons. The van der Waals surface area contributed by atoms with Gasteiger partial charge in [0.25, 0.3) is 0 Å². The van der Waals surface area contributed by atoms with E-state index in [0.29, 0.717) is 0 Å². The van der Waals surface area contributed by atoms with E-state index in [2.05, 4.69) is 39.1 Å². The predicted molar refractivity (Wildman–Crippen MR) is 138 cm³/mol. The Hall–Kier alpha value is -2.22. The molecule has 0 bridgehead atoms. The van der Waals surface area contributed by atoms with Gasteiger partial charge in [-0.3, -0.25) is 14.4 Å². The molecule has 5 nitrogen and oxygen atoms in total. The van der Waals surface area contributed by atoms with Crippen molar-refractivity contribution in [2.24, 2.45) is 50.7 Å². The first kappa shape index (κ1) is 25.4. The van der Waals surface area contributed by atoms with Gasteiger partial charge < -0.3 is 5.32 Å². The molecular weight excluding hydrogens is 448 g/mol. The third kappa shape index (κ3) is 3.09. The number of ketones is 2. The van der Waals surface area contributed by atoms with Crippen molar-refractivity contribution in [3.8, 4) is 6.07 Å². The van der Waals surface area contributed by atoms with E-state index in [1.54, 1.807) is 7.05 Å². The number of nitriles is 1. The number of hydrogen-bond acceptors (Lipinski definition) is 4. The lowest BCUT2D eigenvalue weighted by Crippen LogP contribution is -2.62. The molecule has 5 heteroatoms. The molecule has 5 aliphatic rings. The monoisotopic (exact) mass is 490 g/mol. The summed E-state index contributed by atoms with van der Waals surface area (Å²) in [5.74, 6) is 0.323. The first-order valence-corrected chi connectivity index (χ1v) is 13.8. The topological polar surface area (TPSA) is 87.0 Å². The fourth-order valence-corrected chi connectivity index (χ4v) is 9.92. The maximum Gasteiger partial charge on any atom is 0.226 e. The van der Waals surface area contributed by atoms with Crippen LogP contribution < -0.4 is 5.32 Å². The third-order valence-corrected chi connectivity index (χ3v) is 11.7. The number of Topliss-reactive ketones (excluding diaryl/α,β-unsaturated/α-hetero) is 1. The summed E-state index contributed by atoms with van der Waals surface area (Å²) in [6, 6.07) is 2.17. The van der Waals surface area contributed by atoms with Crippen LogP contribution in [-0.4, -0.2) is 24.5 Å². The minimum absolute atomic E-state index is 0.0437. The average Bonchev–Trinajstić information content (AvgIpc) is 2.81. The summed E-state index contributed by atoms with van der Waals surface area (Å²) in [4.78, 5) is 40.7. The summed E-state index contributed by atoms with van der Waals surface area (Å²) in [6.07, 6.45) is 10.1. The van der Waals surface area contributed by atoms with Crippen LogP contribution in [0.3, 0.4) is 0 Å². The first-order valence-electron chi connectivity index (χ1n) is 13.8. The van der Waals surface area contributed by atoms with Gasteiger partial charge in [-0.2, -0.15) is 5.26 Å². The third-order valence-electron chi connectivity index (χ3n) is 11.7. The van der Waals surface area contributed by atoms with Crippen LogP contribution in [-0.2, 0) is 14.4 Å². The van der Waals surface area contributed by atoms with Crippen LogP contribution >= 0.6 is 0 Å². The molecule has 1 N–H and O–H groups in total. The number of rotatable bonds is 1. The average molecular weight is 491 g/mol. The Bertz CT molecular complexity index is 1150. The molecule has 0 saturated heterocycles. The molecule has 0 aliphatic heterocycles. The highest BCUT2D eigenvalue weighted by molar-refractivity contribution is 6.04. The smallest absolute Gasteiger partial charge is 0.226 e. The maximum atomic E-state index is 14.2. The lowest BCUT2D eigenvalue weighted by molar-refractivity contribution is -0.161. The number of carbonyl (C=O) groups excluding carboxylic acids is 3. The van der Waals surface area contributed by atoms with E-state index >= 15 is 0 Å². The van der Waals surface area contributed by atoms with Crippen LogP contribution in [0.2, 0.25) is 0 Å². The number of nitrogens with one attached hydrogen (secondary N) is 1. The zero-order valence-electron chi connectivity index (χ0n) is 23.1. The zero-order valence-corrected chi connectivity index (χ0v) is 23.1. The minimum Gasteiger partial charge on any atom is -0.359 e. The van der Waals surface area contributed by atoms with E-state index in [0.717, 1.165) is 50.5 Å². The molecule has 0 aromatic carbocycles. The summed E-state index contributed by atoms with van der Waals surface area (Å²) in [5, 5.41) is 12.8. The Kier molecular flexibility index (Phi) is 5.40. The number of fused-ring (bicyclic) bond motifs is 7. The van der Waals surface area contributed by atoms with Crippen LogP contribution in [0, 0.1) is 62.1 Å². The van der Waals surface area contributed by atoms with Crippen molar-refractivity contribution < 1.29 is 14.4 Å². The number of amides is 1. The van der Waals surface area contributed by atoms with Gasteiger partial charge in [0.15, 0.2) is 11.6 Å². The van der Waals surface area contributed by atoms with Crippen LogP contribution in [0.4, 0.5) is 0 Å². The number of nitrogens with zero attached hydrogens (tertiary/aromatic N) is 1. The normalized spacial score (nSPS) is 44.5. The van der Waals surface area contributed by atoms with Gasteiger partial charge in [0, 0.05) is 23.8 Å². The molecule has 0 aromatic heterocycles. The predicted octanol–water partition coefficient (Wildman–Crippen LogP) is 5.56. The SMILES string of the molecule is CNC(=O)[C@@]12CCC3C(C(=O)C=C4[C@@]3(C)CC[C@H]3C(C)(C)C(=O)C(C#N)=C[C@]43C)C1CC(C)(C)CC2. The molecule has 36 heavy (non-hydrogen) atoms. The molecule has 5 aliphatic carbocycles. The van der Waals surface area contributed by atoms with Gasteiger partial charge in [-0.1, -0.05) is 53.2 Å². The van der Waals surface area contributed by atoms with Crippen molar-refractivity contribution in [1.29, 1.82) is 5.26 Å². The molecule has 5 rings (SSSR count). The molecule has 0 spiro atoms. The number of allylic oxidation sites excluding steroid dienone is 4. The molecule has 1 amide bonds. The Labute approximate surface area is 216 Å². The highest BCUT2D eigenvalue weighted by atomic mass is 16.2. The number of hydrogen-bond donors (Lipinski definition) is 1. The van der Waals surface area contributed by atoms with Crippen molar-refractivity contribution >= 4 is 17.5 Å². The Balaban J connectivity index is 1.66. The molecule has 194 valence electrons. The standard InChI is InChI=1S/C31H42N2O3/c1-27(2)12-13-31(26(36)33-7)11-8-19-24(20(31)16-27)21(34)14-23-29(19,5)10-9-22-28(3,4)25(35)18(17-32)15-30(22,23)6/h14-15,19-20,22,24H,8-13,16H2,1-7H3,(H,33,36)/t19?,20?,22-,24?,29-,30-,31+/m0/s1. The van der Waals surface area contributed by atoms with Crippen LogP contribution in [0.5, 0.6) is 0 Å². The summed E-state index contributed by atoms with van der Waals surface area (Å²) in [5.41, 5.74) is -0.340. The second-order valence-electron chi connectivity index (χ2n) is 14.4. The summed E-state index contributed by atoms with van der Waals surface area (Å²) < 4.78 is 0. The zero-order chi connectivity index (χ0) is 26.5. The summed E-state index contributed by atoms with van der Waals surface area (Å²) in [7, 11) is 1.73. The fourth-order valence-electron chi connectivity index (χ4n) is 9.92. The van der Waals surface area contributed by atoms with Crippen molar-refractivity contribution in [3.63, 3.8) is 0 Å². The van der Waals surface area contributed by atoms with Crippen LogP contribution in [0.25, 0.3) is 0 Å². The Morgan fingerprint density at radius 2 is 1.69 bits per heavy atom. The Morgan fingerprint density at radius 1 is 1.00 bits per heavy atom. The Morgan fingerprint density at radius 3 is 2.33 bits per heavy atom. The highest BCUT2D eigenvalue weighted by Crippen LogP contribution is 2.70. The summed E-state index contributed by atoms with van der Waals surface area (Å²) in [6.45, 7) is 13.0. The van der Waals surface area contributed by atoms with Crippen molar-refractivity contribution in [2.45, 2.75) is 86.5 Å². The van der Waals surface area contributed by atoms with Gasteiger partial charge in [-0.15, -0.1) is 0 Å². The number of carbonyl (C=O) groups is 3. The molecule has 3 saturated carbocycles. The maximum absolute atomic E-state index is 14.2. The van der Waals surface area contributed by atoms with E-state index in [1.807, 2.05) is 26.0 Å². The first-order chi connectivity index (χ1) is 16.7. The van der Waals surface area contributed by atoms with Gasteiger partial charge >= 0.3 is 0 Å². The molecule has 7 atom stereocenters. The molecule has 0 aromatic rings. The lowest BCUT2D eigenvalue weighted by atomic mass is 9.38. The van der Waals surface area contributed by atoms with Gasteiger partial charge in [-0.05, 0) is 79.6 Å². The minimum atomic E-state index is -0.648. The second kappa shape index (κ2) is 7.65. The molecular formula is C31H42N2O3. The molecule has 0 heterocycles. The van der Waals surface area contributed by atoms with Gasteiger partial charge in [-0.25, -0.2) is 0 Å². The lowest BCUT2D eigenvalue weighted by Gasteiger charge is -2.64. The fraction of sp³-hybridized carbons (Fsp3) is 0.742. The van der Waals surface area contributed by atoms with Gasteiger partial charge in [0.1, 0.15) is 6.07 Å². The van der Waals surface area contributed by atoms with E-state index in [9.17, 15) is 19.6 Å². The van der Waals surface area contributed by atoms with Crippen molar-refractivity contribution in [2.75, 3.05) is 7.05 Å². The molecule has 3 fully saturated rings. The van der Waals surface area contributed by atoms with Crippen LogP contribution in [0.15, 0.2) is 23.3 Å². The summed E-state index contributed by atoms with van der Waals surface area (Å²) >= 11 is 0. The highest BCUT2D eigenvalue weighted by Gasteiger charge is 2.66. The van der Waals surface area contributed by atoms with Crippen molar-refractivity contribution in [3.05, 3.63) is 23.3 Å². The van der Waals surface area contributed by atoms with E-state index in [-0.39, 0.29) is 57.5 Å².